The van der Waals surface area contributed by atoms with Crippen LogP contribution in [-0.4, -0.2) is 37.2 Å². The molecule has 0 saturated heterocycles. The van der Waals surface area contributed by atoms with E-state index in [0.717, 1.165) is 89.9 Å². The normalized spacial score (nSPS) is 12.5. The first kappa shape index (κ1) is 60.1. The summed E-state index contributed by atoms with van der Waals surface area (Å²) >= 11 is 0. The molecular formula is C57H100O6. The Morgan fingerprint density at radius 1 is 0.333 bits per heavy atom. The summed E-state index contributed by atoms with van der Waals surface area (Å²) < 4.78 is 16.7. The van der Waals surface area contributed by atoms with Crippen molar-refractivity contribution in [2.75, 3.05) is 13.2 Å². The van der Waals surface area contributed by atoms with Gasteiger partial charge in [0.05, 0.1) is 0 Å². The van der Waals surface area contributed by atoms with E-state index in [2.05, 4.69) is 81.5 Å². The minimum atomic E-state index is -0.785. The van der Waals surface area contributed by atoms with Gasteiger partial charge in [0, 0.05) is 19.3 Å². The molecule has 0 aromatic rings. The first-order valence-electron chi connectivity index (χ1n) is 26.8. The molecule has 0 aliphatic carbocycles. The van der Waals surface area contributed by atoms with Gasteiger partial charge in [-0.2, -0.15) is 0 Å². The lowest BCUT2D eigenvalue weighted by molar-refractivity contribution is -0.167. The third-order valence-corrected chi connectivity index (χ3v) is 11.5. The van der Waals surface area contributed by atoms with Crippen LogP contribution >= 0.6 is 0 Å². The van der Waals surface area contributed by atoms with Crippen LogP contribution in [0.1, 0.15) is 265 Å². The van der Waals surface area contributed by atoms with Gasteiger partial charge >= 0.3 is 17.9 Å². The zero-order chi connectivity index (χ0) is 45.8. The van der Waals surface area contributed by atoms with Crippen LogP contribution in [0.25, 0.3) is 0 Å². The molecule has 0 spiro atoms. The van der Waals surface area contributed by atoms with Gasteiger partial charge in [-0.1, -0.05) is 223 Å². The molecule has 364 valence electrons. The molecular weight excluding hydrogens is 781 g/mol. The number of rotatable bonds is 48. The van der Waals surface area contributed by atoms with E-state index in [4.69, 9.17) is 14.2 Å². The predicted molar refractivity (Wildman–Crippen MR) is 270 cm³/mol. The number of carbonyl (C=O) groups excluding carboxylic acids is 3. The second kappa shape index (κ2) is 51.7. The van der Waals surface area contributed by atoms with E-state index in [0.29, 0.717) is 19.3 Å². The van der Waals surface area contributed by atoms with Crippen molar-refractivity contribution in [1.29, 1.82) is 0 Å². The van der Waals surface area contributed by atoms with Crippen LogP contribution in [0.15, 0.2) is 60.8 Å². The molecule has 0 aliphatic rings. The lowest BCUT2D eigenvalue weighted by Gasteiger charge is -2.18. The SMILES string of the molecule is CC/C=C\C/C=C\C/C=C\CCCCCC(=O)OC(COC(=O)CCCCCCCCC)COC(=O)CCCCCCCCCCCCCCC/C=C\C/C=C\CCCCCCC. The molecule has 0 N–H and O–H groups in total. The van der Waals surface area contributed by atoms with Gasteiger partial charge in [-0.15, -0.1) is 0 Å². The number of unbranched alkanes of at least 4 members (excludes halogenated alkanes) is 27. The molecule has 6 nitrogen and oxygen atoms in total. The van der Waals surface area contributed by atoms with Crippen molar-refractivity contribution in [3.8, 4) is 0 Å². The average Bonchev–Trinajstić information content (AvgIpc) is 3.28. The maximum absolute atomic E-state index is 12.7. The zero-order valence-corrected chi connectivity index (χ0v) is 41.6. The molecule has 63 heavy (non-hydrogen) atoms. The van der Waals surface area contributed by atoms with Crippen molar-refractivity contribution in [2.24, 2.45) is 0 Å². The minimum Gasteiger partial charge on any atom is -0.462 e. The Labute approximate surface area is 390 Å². The summed E-state index contributed by atoms with van der Waals surface area (Å²) in [6.45, 7) is 6.45. The van der Waals surface area contributed by atoms with Crippen molar-refractivity contribution in [1.82, 2.24) is 0 Å². The van der Waals surface area contributed by atoms with Crippen molar-refractivity contribution in [3.05, 3.63) is 60.8 Å². The molecule has 0 aromatic carbocycles. The molecule has 0 heterocycles. The Morgan fingerprint density at radius 2 is 0.619 bits per heavy atom. The molecule has 0 bridgehead atoms. The van der Waals surface area contributed by atoms with Crippen LogP contribution in [0.4, 0.5) is 0 Å². The second-order valence-electron chi connectivity index (χ2n) is 17.8. The highest BCUT2D eigenvalue weighted by molar-refractivity contribution is 5.71. The number of allylic oxidation sites excluding steroid dienone is 10. The van der Waals surface area contributed by atoms with Crippen LogP contribution in [0.2, 0.25) is 0 Å². The van der Waals surface area contributed by atoms with E-state index in [1.165, 1.54) is 135 Å². The maximum atomic E-state index is 12.7. The smallest absolute Gasteiger partial charge is 0.306 e. The fourth-order valence-corrected chi connectivity index (χ4v) is 7.49. The standard InChI is InChI=1S/C57H100O6/c1-4-7-10-13-16-18-20-22-23-24-25-26-27-28-29-30-31-32-33-35-36-38-41-44-47-50-56(59)62-53-54(52-61-55(58)49-46-43-40-15-12-9-6-3)63-57(60)51-48-45-42-39-37-34-21-19-17-14-11-8-5-2/h8,11,17,19-20,22,24-25,34,37,54H,4-7,9-10,12-16,18,21,23,26-33,35-36,38-53H2,1-3H3/b11-8-,19-17-,22-20-,25-24-,37-34-. The number of hydrogen-bond donors (Lipinski definition) is 0. The van der Waals surface area contributed by atoms with Gasteiger partial charge in [0.25, 0.3) is 0 Å². The number of ether oxygens (including phenoxy) is 3. The molecule has 0 radical (unpaired) electrons. The van der Waals surface area contributed by atoms with Crippen molar-refractivity contribution in [3.63, 3.8) is 0 Å². The predicted octanol–water partition coefficient (Wildman–Crippen LogP) is 17.6. The van der Waals surface area contributed by atoms with Gasteiger partial charge in [0.2, 0.25) is 0 Å². The monoisotopic (exact) mass is 881 g/mol. The summed E-state index contributed by atoms with van der Waals surface area (Å²) in [7, 11) is 0. The fraction of sp³-hybridized carbons (Fsp3) is 0.772. The number of carbonyl (C=O) groups is 3. The van der Waals surface area contributed by atoms with Crippen molar-refractivity contribution in [2.45, 2.75) is 271 Å². The molecule has 1 atom stereocenters. The van der Waals surface area contributed by atoms with Gasteiger partial charge in [0.1, 0.15) is 13.2 Å². The number of esters is 3. The lowest BCUT2D eigenvalue weighted by atomic mass is 10.0. The van der Waals surface area contributed by atoms with Crippen LogP contribution in [0.5, 0.6) is 0 Å². The molecule has 0 saturated carbocycles. The Hall–Kier alpha value is -2.89. The maximum Gasteiger partial charge on any atom is 0.306 e. The van der Waals surface area contributed by atoms with Gasteiger partial charge in [-0.25, -0.2) is 0 Å². The first-order chi connectivity index (χ1) is 31.0. The fourth-order valence-electron chi connectivity index (χ4n) is 7.49. The van der Waals surface area contributed by atoms with Crippen LogP contribution in [0.3, 0.4) is 0 Å². The lowest BCUT2D eigenvalue weighted by Crippen LogP contribution is -2.30. The van der Waals surface area contributed by atoms with Gasteiger partial charge in [-0.05, 0) is 83.5 Å². The van der Waals surface area contributed by atoms with E-state index in [-0.39, 0.29) is 31.1 Å². The topological polar surface area (TPSA) is 78.9 Å². The third-order valence-electron chi connectivity index (χ3n) is 11.5. The highest BCUT2D eigenvalue weighted by Gasteiger charge is 2.19. The van der Waals surface area contributed by atoms with E-state index in [9.17, 15) is 14.4 Å². The Balaban J connectivity index is 4.14. The summed E-state index contributed by atoms with van der Waals surface area (Å²) in [6.07, 6.45) is 63.8. The first-order valence-corrected chi connectivity index (χ1v) is 26.8. The van der Waals surface area contributed by atoms with Crippen LogP contribution in [-0.2, 0) is 28.6 Å². The molecule has 0 fully saturated rings. The van der Waals surface area contributed by atoms with Gasteiger partial charge in [-0.3, -0.25) is 14.4 Å². The van der Waals surface area contributed by atoms with Crippen LogP contribution < -0.4 is 0 Å². The summed E-state index contributed by atoms with van der Waals surface area (Å²) in [5.41, 5.74) is 0. The molecule has 6 heteroatoms. The number of hydrogen-bond acceptors (Lipinski definition) is 6. The molecule has 0 aromatic heterocycles. The Morgan fingerprint density at radius 3 is 0.984 bits per heavy atom. The van der Waals surface area contributed by atoms with E-state index < -0.39 is 6.10 Å². The largest absolute Gasteiger partial charge is 0.462 e. The summed E-state index contributed by atoms with van der Waals surface area (Å²) in [4.78, 5) is 37.8. The summed E-state index contributed by atoms with van der Waals surface area (Å²) in [5.74, 6) is -0.918. The third kappa shape index (κ3) is 50.0. The average molecular weight is 881 g/mol. The van der Waals surface area contributed by atoms with Gasteiger partial charge < -0.3 is 14.2 Å². The molecule has 1 unspecified atom stereocenters. The minimum absolute atomic E-state index is 0.0851. The van der Waals surface area contributed by atoms with Crippen molar-refractivity contribution < 1.29 is 28.6 Å². The Kier molecular flexibility index (Phi) is 49.4. The van der Waals surface area contributed by atoms with E-state index in [1.807, 2.05) is 0 Å². The van der Waals surface area contributed by atoms with Gasteiger partial charge in [0.15, 0.2) is 6.10 Å². The quantitative estimate of drug-likeness (QED) is 0.0262. The molecule has 0 amide bonds. The molecule has 0 aliphatic heterocycles. The molecule has 0 rings (SSSR count). The van der Waals surface area contributed by atoms with E-state index >= 15 is 0 Å². The highest BCUT2D eigenvalue weighted by Crippen LogP contribution is 2.15. The zero-order valence-electron chi connectivity index (χ0n) is 41.6. The summed E-state index contributed by atoms with van der Waals surface area (Å²) in [5, 5.41) is 0. The Bertz CT molecular complexity index is 1150. The van der Waals surface area contributed by atoms with E-state index in [1.54, 1.807) is 0 Å². The summed E-state index contributed by atoms with van der Waals surface area (Å²) in [6, 6.07) is 0. The van der Waals surface area contributed by atoms with Crippen LogP contribution in [0, 0.1) is 0 Å². The van der Waals surface area contributed by atoms with Crippen molar-refractivity contribution >= 4 is 17.9 Å². The highest BCUT2D eigenvalue weighted by atomic mass is 16.6. The second-order valence-corrected chi connectivity index (χ2v) is 17.8.